The van der Waals surface area contributed by atoms with Crippen molar-refractivity contribution >= 4 is 62.2 Å². The number of amides is 1. The second kappa shape index (κ2) is 6.28. The van der Waals surface area contributed by atoms with Crippen LogP contribution in [0.2, 0.25) is 5.02 Å². The predicted octanol–water partition coefficient (Wildman–Crippen LogP) is 5.34. The normalized spacial score (nSPS) is 13.9. The molecule has 0 unspecified atom stereocenters. The molecule has 0 bridgehead atoms. The molecule has 1 amide bonds. The van der Waals surface area contributed by atoms with E-state index in [1.54, 1.807) is 0 Å². The highest BCUT2D eigenvalue weighted by molar-refractivity contribution is 9.10. The number of nitrogens with one attached hydrogen (secondary N) is 1. The first-order valence-electron chi connectivity index (χ1n) is 6.20. The Morgan fingerprint density at radius 2 is 2.19 bits per heavy atom. The molecule has 2 heterocycles. The lowest BCUT2D eigenvalue weighted by atomic mass is 10.2. The molecule has 0 saturated carbocycles. The summed E-state index contributed by atoms with van der Waals surface area (Å²) in [4.78, 5) is 14.3. The van der Waals surface area contributed by atoms with Crippen LogP contribution in [0.15, 0.2) is 22.7 Å². The molecule has 1 aliphatic heterocycles. The fraction of sp³-hybridized carbons (Fsp3) is 0.214. The van der Waals surface area contributed by atoms with Gasteiger partial charge in [0, 0.05) is 15.1 Å². The van der Waals surface area contributed by atoms with Gasteiger partial charge >= 0.3 is 0 Å². The third-order valence-electron chi connectivity index (χ3n) is 3.10. The SMILES string of the molecule is O=C(Nc1c(Cl)cc(F)cc1Br)c1cc2c(s1)CCSC2. The second-order valence-electron chi connectivity index (χ2n) is 4.56. The number of carbonyl (C=O) groups is 1. The Kier molecular flexibility index (Phi) is 4.59. The van der Waals surface area contributed by atoms with Crippen LogP contribution in [0.3, 0.4) is 0 Å². The summed E-state index contributed by atoms with van der Waals surface area (Å²) >= 11 is 12.6. The molecule has 0 radical (unpaired) electrons. The zero-order chi connectivity index (χ0) is 15.0. The van der Waals surface area contributed by atoms with Crippen LogP contribution < -0.4 is 5.32 Å². The predicted molar refractivity (Wildman–Crippen MR) is 91.2 cm³/mol. The van der Waals surface area contributed by atoms with Crippen molar-refractivity contribution in [1.29, 1.82) is 0 Å². The summed E-state index contributed by atoms with van der Waals surface area (Å²) in [6.45, 7) is 0. The third-order valence-corrected chi connectivity index (χ3v) is 6.26. The molecule has 0 spiro atoms. The first-order valence-corrected chi connectivity index (χ1v) is 9.34. The van der Waals surface area contributed by atoms with E-state index in [-0.39, 0.29) is 10.9 Å². The molecule has 1 aromatic carbocycles. The minimum Gasteiger partial charge on any atom is -0.319 e. The van der Waals surface area contributed by atoms with E-state index in [0.29, 0.717) is 15.0 Å². The molecule has 7 heteroatoms. The van der Waals surface area contributed by atoms with E-state index in [9.17, 15) is 9.18 Å². The van der Waals surface area contributed by atoms with E-state index in [0.717, 1.165) is 17.9 Å². The lowest BCUT2D eigenvalue weighted by Gasteiger charge is -2.08. The van der Waals surface area contributed by atoms with Crippen molar-refractivity contribution in [2.24, 2.45) is 0 Å². The molecule has 2 aromatic rings. The molecule has 2 nitrogen and oxygen atoms in total. The third kappa shape index (κ3) is 3.28. The molecule has 1 aliphatic rings. The Balaban J connectivity index is 1.85. The first kappa shape index (κ1) is 15.3. The van der Waals surface area contributed by atoms with Gasteiger partial charge in [-0.3, -0.25) is 4.79 Å². The number of hydrogen-bond acceptors (Lipinski definition) is 3. The smallest absolute Gasteiger partial charge is 0.265 e. The highest BCUT2D eigenvalue weighted by Crippen LogP contribution is 2.34. The Bertz CT molecular complexity index is 672. The molecule has 21 heavy (non-hydrogen) atoms. The quantitative estimate of drug-likeness (QED) is 0.729. The lowest BCUT2D eigenvalue weighted by Crippen LogP contribution is -2.11. The highest BCUT2D eigenvalue weighted by atomic mass is 79.9. The average molecular weight is 407 g/mol. The van der Waals surface area contributed by atoms with Crippen LogP contribution in [0.1, 0.15) is 20.1 Å². The molecule has 110 valence electrons. The fourth-order valence-corrected chi connectivity index (χ4v) is 5.26. The number of aryl methyl sites for hydroxylation is 1. The van der Waals surface area contributed by atoms with Gasteiger partial charge < -0.3 is 5.32 Å². The standard InChI is InChI=1S/C14H10BrClFNOS2/c15-9-4-8(17)5-10(16)13(9)18-14(19)12-3-7-6-20-2-1-11(7)21-12/h3-5H,1-2,6H2,(H,18,19). The first-order chi connectivity index (χ1) is 10.0. The molecular weight excluding hydrogens is 397 g/mol. The summed E-state index contributed by atoms with van der Waals surface area (Å²) in [6.07, 6.45) is 1.01. The molecule has 3 rings (SSSR count). The fourth-order valence-electron chi connectivity index (χ4n) is 2.10. The number of anilines is 1. The van der Waals surface area contributed by atoms with E-state index in [4.69, 9.17) is 11.6 Å². The van der Waals surface area contributed by atoms with E-state index in [1.807, 2.05) is 17.8 Å². The van der Waals surface area contributed by atoms with E-state index < -0.39 is 5.82 Å². The number of halogens is 3. The number of hydrogen-bond donors (Lipinski definition) is 1. The van der Waals surface area contributed by atoms with Gasteiger partial charge in [-0.25, -0.2) is 4.39 Å². The number of rotatable bonds is 2. The van der Waals surface area contributed by atoms with Crippen molar-refractivity contribution in [3.8, 4) is 0 Å². The Labute approximate surface area is 143 Å². The summed E-state index contributed by atoms with van der Waals surface area (Å²) in [5, 5.41) is 2.92. The van der Waals surface area contributed by atoms with Crippen LogP contribution in [0.4, 0.5) is 10.1 Å². The van der Waals surface area contributed by atoms with Crippen LogP contribution in [-0.2, 0) is 12.2 Å². The van der Waals surface area contributed by atoms with Crippen LogP contribution in [0, 0.1) is 5.82 Å². The zero-order valence-electron chi connectivity index (χ0n) is 10.7. The van der Waals surface area contributed by atoms with Gasteiger partial charge in [-0.2, -0.15) is 11.8 Å². The summed E-state index contributed by atoms with van der Waals surface area (Å²) in [6, 6.07) is 4.39. The van der Waals surface area contributed by atoms with Crippen molar-refractivity contribution < 1.29 is 9.18 Å². The van der Waals surface area contributed by atoms with Crippen LogP contribution in [0.25, 0.3) is 0 Å². The maximum absolute atomic E-state index is 13.2. The Morgan fingerprint density at radius 1 is 1.38 bits per heavy atom. The lowest BCUT2D eigenvalue weighted by molar-refractivity contribution is 0.103. The largest absolute Gasteiger partial charge is 0.319 e. The van der Waals surface area contributed by atoms with E-state index >= 15 is 0 Å². The molecule has 1 aromatic heterocycles. The van der Waals surface area contributed by atoms with Gasteiger partial charge in [0.15, 0.2) is 0 Å². The van der Waals surface area contributed by atoms with Crippen molar-refractivity contribution in [1.82, 2.24) is 0 Å². The van der Waals surface area contributed by atoms with Crippen molar-refractivity contribution in [2.45, 2.75) is 12.2 Å². The van der Waals surface area contributed by atoms with Crippen LogP contribution in [0.5, 0.6) is 0 Å². The molecular formula is C14H10BrClFNOS2. The minimum absolute atomic E-state index is 0.173. The van der Waals surface area contributed by atoms with Crippen molar-refractivity contribution in [3.63, 3.8) is 0 Å². The van der Waals surface area contributed by atoms with Gasteiger partial charge in [-0.1, -0.05) is 11.6 Å². The average Bonchev–Trinajstić information content (AvgIpc) is 2.86. The summed E-state index contributed by atoms with van der Waals surface area (Å²) in [7, 11) is 0. The Morgan fingerprint density at radius 3 is 2.90 bits per heavy atom. The van der Waals surface area contributed by atoms with Crippen molar-refractivity contribution in [2.75, 3.05) is 11.1 Å². The number of thiophene rings is 1. The maximum atomic E-state index is 13.2. The van der Waals surface area contributed by atoms with Gasteiger partial charge in [0.1, 0.15) is 5.82 Å². The molecule has 0 fully saturated rings. The number of fused-ring (bicyclic) bond motifs is 1. The number of thioether (sulfide) groups is 1. The van der Waals surface area contributed by atoms with E-state index in [1.165, 1.54) is 33.9 Å². The van der Waals surface area contributed by atoms with Gasteiger partial charge in [-0.15, -0.1) is 11.3 Å². The highest BCUT2D eigenvalue weighted by Gasteiger charge is 2.19. The monoisotopic (exact) mass is 405 g/mol. The van der Waals surface area contributed by atoms with Gasteiger partial charge in [0.05, 0.1) is 15.6 Å². The van der Waals surface area contributed by atoms with Crippen LogP contribution >= 0.6 is 50.6 Å². The summed E-state index contributed by atoms with van der Waals surface area (Å²) in [5.74, 6) is 1.39. The summed E-state index contributed by atoms with van der Waals surface area (Å²) < 4.78 is 13.6. The summed E-state index contributed by atoms with van der Waals surface area (Å²) in [5.41, 5.74) is 1.63. The zero-order valence-corrected chi connectivity index (χ0v) is 14.7. The molecule has 0 aliphatic carbocycles. The minimum atomic E-state index is -0.450. The topological polar surface area (TPSA) is 29.1 Å². The second-order valence-corrected chi connectivity index (χ2v) is 8.06. The Hall–Kier alpha value is -0.560. The van der Waals surface area contributed by atoms with Gasteiger partial charge in [0.2, 0.25) is 0 Å². The van der Waals surface area contributed by atoms with Crippen molar-refractivity contribution in [3.05, 3.63) is 48.8 Å². The van der Waals surface area contributed by atoms with Crippen LogP contribution in [-0.4, -0.2) is 11.7 Å². The van der Waals surface area contributed by atoms with E-state index in [2.05, 4.69) is 21.2 Å². The molecule has 0 atom stereocenters. The maximum Gasteiger partial charge on any atom is 0.265 e. The molecule has 1 N–H and O–H groups in total. The number of carbonyl (C=O) groups excluding carboxylic acids is 1. The van der Waals surface area contributed by atoms with Gasteiger partial charge in [-0.05, 0) is 51.9 Å². The molecule has 0 saturated heterocycles. The van der Waals surface area contributed by atoms with Gasteiger partial charge in [0.25, 0.3) is 5.91 Å². The number of benzene rings is 1.